The lowest BCUT2D eigenvalue weighted by atomic mass is 10.1. The number of hydrogen-bond acceptors (Lipinski definition) is 2. The number of carbonyl (C=O) groups is 1. The molecule has 0 fully saturated rings. The van der Waals surface area contributed by atoms with Crippen molar-refractivity contribution < 1.29 is 4.79 Å². The molecule has 0 unspecified atom stereocenters. The van der Waals surface area contributed by atoms with Gasteiger partial charge in [0, 0.05) is 35.4 Å². The van der Waals surface area contributed by atoms with E-state index < -0.39 is 0 Å². The number of benzene rings is 2. The molecule has 0 bridgehead atoms. The predicted octanol–water partition coefficient (Wildman–Crippen LogP) is 3.62. The lowest BCUT2D eigenvalue weighted by Crippen LogP contribution is -2.11. The van der Waals surface area contributed by atoms with Gasteiger partial charge in [-0.1, -0.05) is 0 Å². The normalized spacial score (nSPS) is 11.2. The molecule has 4 rings (SSSR count). The van der Waals surface area contributed by atoms with Gasteiger partial charge in [0.05, 0.1) is 11.0 Å². The van der Waals surface area contributed by atoms with Crippen molar-refractivity contribution >= 4 is 33.5 Å². The van der Waals surface area contributed by atoms with Crippen molar-refractivity contribution in [1.82, 2.24) is 14.5 Å². The number of fused-ring (bicyclic) bond motifs is 2. The molecule has 0 atom stereocenters. The first-order chi connectivity index (χ1) is 11.1. The summed E-state index contributed by atoms with van der Waals surface area (Å²) < 4.78 is 2.03. The Morgan fingerprint density at radius 3 is 2.91 bits per heavy atom. The second kappa shape index (κ2) is 4.98. The van der Waals surface area contributed by atoms with Gasteiger partial charge < -0.3 is 14.9 Å². The van der Waals surface area contributed by atoms with Gasteiger partial charge in [0.2, 0.25) is 0 Å². The smallest absolute Gasteiger partial charge is 0.255 e. The van der Waals surface area contributed by atoms with Crippen LogP contribution in [0.3, 0.4) is 0 Å². The van der Waals surface area contributed by atoms with Gasteiger partial charge >= 0.3 is 0 Å². The summed E-state index contributed by atoms with van der Waals surface area (Å²) in [4.78, 5) is 20.1. The molecule has 0 aliphatic rings. The predicted molar refractivity (Wildman–Crippen MR) is 91.7 cm³/mol. The molecule has 2 heterocycles. The molecular weight excluding hydrogens is 288 g/mol. The highest BCUT2D eigenvalue weighted by Gasteiger charge is 2.09. The Morgan fingerprint density at radius 1 is 1.17 bits per heavy atom. The average molecular weight is 304 g/mol. The summed E-state index contributed by atoms with van der Waals surface area (Å²) >= 11 is 0. The molecule has 114 valence electrons. The van der Waals surface area contributed by atoms with Crippen molar-refractivity contribution in [2.45, 2.75) is 6.92 Å². The second-order valence-electron chi connectivity index (χ2n) is 5.66. The number of aryl methyl sites for hydroxylation is 2. The van der Waals surface area contributed by atoms with Crippen LogP contribution in [0.4, 0.5) is 5.69 Å². The third kappa shape index (κ3) is 2.26. The molecule has 1 amide bonds. The van der Waals surface area contributed by atoms with E-state index in [4.69, 9.17) is 0 Å². The van der Waals surface area contributed by atoms with Crippen molar-refractivity contribution in [3.8, 4) is 0 Å². The first kappa shape index (κ1) is 13.6. The van der Waals surface area contributed by atoms with Crippen LogP contribution in [0.25, 0.3) is 21.9 Å². The molecule has 0 saturated carbocycles. The van der Waals surface area contributed by atoms with Crippen molar-refractivity contribution in [2.75, 3.05) is 5.32 Å². The molecule has 4 aromatic rings. The molecule has 0 radical (unpaired) electrons. The SMILES string of the molecule is Cc1nc2cc(NC(=O)c3ccc4[nH]ccc4c3)ccc2n1C. The third-order valence-corrected chi connectivity index (χ3v) is 4.18. The largest absolute Gasteiger partial charge is 0.361 e. The molecular formula is C18H16N4O. The van der Waals surface area contributed by atoms with Gasteiger partial charge in [-0.15, -0.1) is 0 Å². The lowest BCUT2D eigenvalue weighted by Gasteiger charge is -2.06. The summed E-state index contributed by atoms with van der Waals surface area (Å²) in [6, 6.07) is 13.3. The zero-order valence-corrected chi connectivity index (χ0v) is 12.9. The number of carbonyl (C=O) groups excluding carboxylic acids is 1. The molecule has 23 heavy (non-hydrogen) atoms. The number of imidazole rings is 1. The van der Waals surface area contributed by atoms with E-state index in [0.717, 1.165) is 33.4 Å². The summed E-state index contributed by atoms with van der Waals surface area (Å²) in [7, 11) is 1.98. The van der Waals surface area contributed by atoms with E-state index in [0.29, 0.717) is 5.56 Å². The van der Waals surface area contributed by atoms with Crippen LogP contribution in [0.2, 0.25) is 0 Å². The standard InChI is InChI=1S/C18H16N4O/c1-11-20-16-10-14(4-6-17(16)22(11)2)21-18(23)13-3-5-15-12(9-13)7-8-19-15/h3-10,19H,1-2H3,(H,21,23). The Morgan fingerprint density at radius 2 is 2.04 bits per heavy atom. The average Bonchev–Trinajstić information content (AvgIpc) is 3.11. The molecule has 0 spiro atoms. The van der Waals surface area contributed by atoms with Crippen LogP contribution < -0.4 is 5.32 Å². The number of anilines is 1. The summed E-state index contributed by atoms with van der Waals surface area (Å²) in [5.74, 6) is 0.821. The van der Waals surface area contributed by atoms with Crippen molar-refractivity contribution in [1.29, 1.82) is 0 Å². The van der Waals surface area contributed by atoms with Crippen molar-refractivity contribution in [3.05, 3.63) is 60.0 Å². The number of nitrogens with zero attached hydrogens (tertiary/aromatic N) is 2. The van der Waals surface area contributed by atoms with E-state index in [9.17, 15) is 4.79 Å². The molecule has 0 aliphatic carbocycles. The molecule has 2 N–H and O–H groups in total. The number of rotatable bonds is 2. The van der Waals surface area contributed by atoms with Crippen LogP contribution in [-0.2, 0) is 7.05 Å². The van der Waals surface area contributed by atoms with Crippen LogP contribution in [-0.4, -0.2) is 20.4 Å². The Bertz CT molecular complexity index is 1040. The number of aromatic amines is 1. The van der Waals surface area contributed by atoms with Gasteiger partial charge in [-0.3, -0.25) is 4.79 Å². The number of H-pyrrole nitrogens is 1. The minimum atomic E-state index is -0.125. The maximum atomic E-state index is 12.4. The lowest BCUT2D eigenvalue weighted by molar-refractivity contribution is 0.102. The van der Waals surface area contributed by atoms with E-state index in [-0.39, 0.29) is 5.91 Å². The Hall–Kier alpha value is -3.08. The minimum absolute atomic E-state index is 0.125. The van der Waals surface area contributed by atoms with Crippen LogP contribution in [0, 0.1) is 6.92 Å². The first-order valence-corrected chi connectivity index (χ1v) is 7.43. The highest BCUT2D eigenvalue weighted by atomic mass is 16.1. The highest BCUT2D eigenvalue weighted by molar-refractivity contribution is 6.06. The molecule has 5 nitrogen and oxygen atoms in total. The van der Waals surface area contributed by atoms with E-state index in [1.165, 1.54) is 0 Å². The Balaban J connectivity index is 1.65. The first-order valence-electron chi connectivity index (χ1n) is 7.43. The van der Waals surface area contributed by atoms with Gasteiger partial charge in [-0.2, -0.15) is 0 Å². The van der Waals surface area contributed by atoms with Crippen LogP contribution >= 0.6 is 0 Å². The maximum absolute atomic E-state index is 12.4. The van der Waals surface area contributed by atoms with Gasteiger partial charge in [-0.05, 0) is 49.4 Å². The maximum Gasteiger partial charge on any atom is 0.255 e. The van der Waals surface area contributed by atoms with E-state index in [2.05, 4.69) is 15.3 Å². The summed E-state index contributed by atoms with van der Waals surface area (Å²) in [5.41, 5.74) is 4.33. The van der Waals surface area contributed by atoms with Crippen LogP contribution in [0.15, 0.2) is 48.7 Å². The Kier molecular flexibility index (Phi) is 2.94. The Labute approximate surface area is 133 Å². The number of nitrogens with one attached hydrogen (secondary N) is 2. The van der Waals surface area contributed by atoms with Gasteiger partial charge in [-0.25, -0.2) is 4.98 Å². The minimum Gasteiger partial charge on any atom is -0.361 e. The zero-order valence-electron chi connectivity index (χ0n) is 12.9. The van der Waals surface area contributed by atoms with Crippen LogP contribution in [0.5, 0.6) is 0 Å². The van der Waals surface area contributed by atoms with E-state index in [1.807, 2.05) is 67.2 Å². The molecule has 2 aromatic heterocycles. The van der Waals surface area contributed by atoms with Gasteiger partial charge in [0.1, 0.15) is 5.82 Å². The molecule has 5 heteroatoms. The van der Waals surface area contributed by atoms with Gasteiger partial charge in [0.15, 0.2) is 0 Å². The topological polar surface area (TPSA) is 62.7 Å². The number of amides is 1. The molecule has 0 aliphatic heterocycles. The van der Waals surface area contributed by atoms with E-state index in [1.54, 1.807) is 0 Å². The summed E-state index contributed by atoms with van der Waals surface area (Å²) in [6.07, 6.45) is 1.86. The van der Waals surface area contributed by atoms with Crippen molar-refractivity contribution in [3.63, 3.8) is 0 Å². The number of aromatic nitrogens is 3. The molecule has 2 aromatic carbocycles. The number of hydrogen-bond donors (Lipinski definition) is 2. The third-order valence-electron chi connectivity index (χ3n) is 4.18. The van der Waals surface area contributed by atoms with Crippen molar-refractivity contribution in [2.24, 2.45) is 7.05 Å². The fraction of sp³-hybridized carbons (Fsp3) is 0.111. The molecule has 0 saturated heterocycles. The monoisotopic (exact) mass is 304 g/mol. The summed E-state index contributed by atoms with van der Waals surface area (Å²) in [5, 5.41) is 3.96. The second-order valence-corrected chi connectivity index (χ2v) is 5.66. The van der Waals surface area contributed by atoms with Crippen LogP contribution in [0.1, 0.15) is 16.2 Å². The van der Waals surface area contributed by atoms with Gasteiger partial charge in [0.25, 0.3) is 5.91 Å². The fourth-order valence-corrected chi connectivity index (χ4v) is 2.80. The summed E-state index contributed by atoms with van der Waals surface area (Å²) in [6.45, 7) is 1.96. The quantitative estimate of drug-likeness (QED) is 0.594. The zero-order chi connectivity index (χ0) is 16.0. The highest BCUT2D eigenvalue weighted by Crippen LogP contribution is 2.21. The van der Waals surface area contributed by atoms with E-state index >= 15 is 0 Å². The fourth-order valence-electron chi connectivity index (χ4n) is 2.80.